The van der Waals surface area contributed by atoms with Crippen molar-refractivity contribution in [1.82, 2.24) is 4.90 Å². The first-order chi connectivity index (χ1) is 9.08. The van der Waals surface area contributed by atoms with Gasteiger partial charge in [-0.25, -0.2) is 13.8 Å². The van der Waals surface area contributed by atoms with Gasteiger partial charge in [0.25, 0.3) is 0 Å². The van der Waals surface area contributed by atoms with E-state index in [9.17, 15) is 8.78 Å². The summed E-state index contributed by atoms with van der Waals surface area (Å²) in [7, 11) is 0. The molecule has 3 nitrogen and oxygen atoms in total. The molecule has 0 saturated heterocycles. The van der Waals surface area contributed by atoms with E-state index in [-0.39, 0.29) is 41.5 Å². The second-order valence-electron chi connectivity index (χ2n) is 4.70. The van der Waals surface area contributed by atoms with Gasteiger partial charge in [0.2, 0.25) is 0 Å². The molecule has 0 bridgehead atoms. The van der Waals surface area contributed by atoms with Crippen molar-refractivity contribution in [2.75, 3.05) is 13.1 Å². The Hall–Kier alpha value is -0.920. The Kier molecular flexibility index (Phi) is 6.16. The summed E-state index contributed by atoms with van der Waals surface area (Å²) in [5, 5.41) is 0. The lowest BCUT2D eigenvalue weighted by Gasteiger charge is -2.19. The minimum Gasteiger partial charge on any atom is -0.370 e. The molecule has 1 aromatic rings. The van der Waals surface area contributed by atoms with Crippen LogP contribution in [0.15, 0.2) is 23.2 Å². The van der Waals surface area contributed by atoms with Crippen LogP contribution >= 0.6 is 24.0 Å². The van der Waals surface area contributed by atoms with Crippen molar-refractivity contribution < 1.29 is 8.78 Å². The Labute approximate surface area is 135 Å². The molecule has 1 aliphatic rings. The van der Waals surface area contributed by atoms with Gasteiger partial charge in [-0.05, 0) is 32.4 Å². The van der Waals surface area contributed by atoms with E-state index in [0.717, 1.165) is 13.1 Å². The standard InChI is InChI=1S/C14H19F2N3.HI/c1-3-19(4-2)14(17)18-12-8-9(12)13-10(15)6-5-7-11(13)16;/h5-7,9,12H,3-4,8H2,1-2H3,(H2,17,18);1H. The zero-order valence-corrected chi connectivity index (χ0v) is 14.0. The molecule has 0 spiro atoms. The largest absolute Gasteiger partial charge is 0.370 e. The molecule has 0 heterocycles. The van der Waals surface area contributed by atoms with Crippen molar-refractivity contribution >= 4 is 29.9 Å². The maximum atomic E-state index is 13.6. The molecule has 1 aromatic carbocycles. The molecule has 1 saturated carbocycles. The zero-order valence-electron chi connectivity index (χ0n) is 11.6. The molecule has 0 aromatic heterocycles. The van der Waals surface area contributed by atoms with E-state index in [4.69, 9.17) is 5.73 Å². The molecular formula is C14H20F2IN3. The lowest BCUT2D eigenvalue weighted by atomic mass is 10.1. The van der Waals surface area contributed by atoms with Gasteiger partial charge in [0.15, 0.2) is 5.96 Å². The highest BCUT2D eigenvalue weighted by Gasteiger charge is 2.42. The van der Waals surface area contributed by atoms with Gasteiger partial charge in [-0.1, -0.05) is 6.07 Å². The molecule has 0 radical (unpaired) electrons. The number of halogens is 3. The predicted octanol–water partition coefficient (Wildman–Crippen LogP) is 3.10. The van der Waals surface area contributed by atoms with Crippen LogP contribution in [0.1, 0.15) is 31.7 Å². The molecule has 20 heavy (non-hydrogen) atoms. The quantitative estimate of drug-likeness (QED) is 0.484. The number of benzene rings is 1. The molecular weight excluding hydrogens is 375 g/mol. The third kappa shape index (κ3) is 3.59. The zero-order chi connectivity index (χ0) is 14.0. The van der Waals surface area contributed by atoms with Crippen LogP contribution in [0.3, 0.4) is 0 Å². The number of guanidine groups is 1. The van der Waals surface area contributed by atoms with E-state index in [1.807, 2.05) is 18.7 Å². The summed E-state index contributed by atoms with van der Waals surface area (Å²) in [5.74, 6) is -0.724. The van der Waals surface area contributed by atoms with Crippen LogP contribution in [-0.4, -0.2) is 30.0 Å². The third-order valence-corrected chi connectivity index (χ3v) is 3.51. The van der Waals surface area contributed by atoms with Gasteiger partial charge in [-0.3, -0.25) is 0 Å². The fourth-order valence-electron chi connectivity index (χ4n) is 2.30. The first kappa shape index (κ1) is 17.1. The molecule has 2 N–H and O–H groups in total. The SMILES string of the molecule is CCN(CC)C(N)=NC1CC1c1c(F)cccc1F.I. The van der Waals surface area contributed by atoms with Gasteiger partial charge in [0, 0.05) is 24.6 Å². The average molecular weight is 395 g/mol. The highest BCUT2D eigenvalue weighted by molar-refractivity contribution is 14.0. The summed E-state index contributed by atoms with van der Waals surface area (Å²) in [6, 6.07) is 3.84. The van der Waals surface area contributed by atoms with Gasteiger partial charge in [-0.15, -0.1) is 24.0 Å². The molecule has 1 fully saturated rings. The Morgan fingerprint density at radius 2 is 1.85 bits per heavy atom. The van der Waals surface area contributed by atoms with Crippen molar-refractivity contribution in [3.05, 3.63) is 35.4 Å². The third-order valence-electron chi connectivity index (χ3n) is 3.51. The minimum absolute atomic E-state index is 0. The first-order valence-corrected chi connectivity index (χ1v) is 6.60. The van der Waals surface area contributed by atoms with Crippen LogP contribution in [0.2, 0.25) is 0 Å². The van der Waals surface area contributed by atoms with Crippen LogP contribution in [0.25, 0.3) is 0 Å². The van der Waals surface area contributed by atoms with Crippen LogP contribution < -0.4 is 5.73 Å². The van der Waals surface area contributed by atoms with Gasteiger partial charge < -0.3 is 10.6 Å². The fourth-order valence-corrected chi connectivity index (χ4v) is 2.30. The molecule has 2 atom stereocenters. The normalized spacial score (nSPS) is 21.3. The number of nitrogens with two attached hydrogens (primary N) is 1. The molecule has 1 aliphatic carbocycles. The van der Waals surface area contributed by atoms with E-state index >= 15 is 0 Å². The van der Waals surface area contributed by atoms with Crippen molar-refractivity contribution in [1.29, 1.82) is 0 Å². The molecule has 0 aliphatic heterocycles. The topological polar surface area (TPSA) is 41.6 Å². The Morgan fingerprint density at radius 3 is 2.35 bits per heavy atom. The van der Waals surface area contributed by atoms with Crippen molar-refractivity contribution in [2.24, 2.45) is 10.7 Å². The Bertz CT molecular complexity index is 469. The monoisotopic (exact) mass is 395 g/mol. The smallest absolute Gasteiger partial charge is 0.191 e. The van der Waals surface area contributed by atoms with Crippen molar-refractivity contribution in [2.45, 2.75) is 32.2 Å². The highest BCUT2D eigenvalue weighted by atomic mass is 127. The summed E-state index contributed by atoms with van der Waals surface area (Å²) in [6.45, 7) is 5.54. The lowest BCUT2D eigenvalue weighted by Crippen LogP contribution is -2.37. The minimum atomic E-state index is -0.496. The Morgan fingerprint density at radius 1 is 1.30 bits per heavy atom. The number of aliphatic imine (C=N–C) groups is 1. The van der Waals surface area contributed by atoms with Gasteiger partial charge in [-0.2, -0.15) is 0 Å². The maximum absolute atomic E-state index is 13.6. The molecule has 6 heteroatoms. The summed E-state index contributed by atoms with van der Waals surface area (Å²) < 4.78 is 27.2. The van der Waals surface area contributed by atoms with E-state index in [2.05, 4.69) is 4.99 Å². The van der Waals surface area contributed by atoms with Crippen LogP contribution in [0.5, 0.6) is 0 Å². The van der Waals surface area contributed by atoms with E-state index in [0.29, 0.717) is 12.4 Å². The second-order valence-corrected chi connectivity index (χ2v) is 4.70. The Balaban J connectivity index is 0.00000200. The van der Waals surface area contributed by atoms with Crippen molar-refractivity contribution in [3.8, 4) is 0 Å². The first-order valence-electron chi connectivity index (χ1n) is 6.60. The van der Waals surface area contributed by atoms with E-state index in [1.165, 1.54) is 18.2 Å². The second kappa shape index (κ2) is 7.19. The summed E-state index contributed by atoms with van der Waals surface area (Å²) in [4.78, 5) is 6.28. The summed E-state index contributed by atoms with van der Waals surface area (Å²) in [5.41, 5.74) is 6.03. The number of hydrogen-bond acceptors (Lipinski definition) is 1. The number of hydrogen-bond donors (Lipinski definition) is 1. The number of rotatable bonds is 4. The van der Waals surface area contributed by atoms with Gasteiger partial charge >= 0.3 is 0 Å². The molecule has 2 unspecified atom stereocenters. The van der Waals surface area contributed by atoms with Crippen LogP contribution in [-0.2, 0) is 0 Å². The average Bonchev–Trinajstić information content (AvgIpc) is 3.09. The highest BCUT2D eigenvalue weighted by Crippen LogP contribution is 2.45. The van der Waals surface area contributed by atoms with Crippen molar-refractivity contribution in [3.63, 3.8) is 0 Å². The number of nitrogens with zero attached hydrogens (tertiary/aromatic N) is 2. The van der Waals surface area contributed by atoms with Crippen LogP contribution in [0, 0.1) is 11.6 Å². The van der Waals surface area contributed by atoms with E-state index in [1.54, 1.807) is 0 Å². The van der Waals surface area contributed by atoms with Gasteiger partial charge in [0.05, 0.1) is 6.04 Å². The van der Waals surface area contributed by atoms with Gasteiger partial charge in [0.1, 0.15) is 11.6 Å². The molecule has 2 rings (SSSR count). The summed E-state index contributed by atoms with van der Waals surface area (Å²) >= 11 is 0. The fraction of sp³-hybridized carbons (Fsp3) is 0.500. The molecule has 0 amide bonds. The van der Waals surface area contributed by atoms with E-state index < -0.39 is 11.6 Å². The molecule has 112 valence electrons. The summed E-state index contributed by atoms with van der Waals surface area (Å²) in [6.07, 6.45) is 0.653. The maximum Gasteiger partial charge on any atom is 0.191 e. The predicted molar refractivity (Wildman–Crippen MR) is 87.5 cm³/mol. The van der Waals surface area contributed by atoms with Crippen LogP contribution in [0.4, 0.5) is 8.78 Å². The lowest BCUT2D eigenvalue weighted by molar-refractivity contribution is 0.457.